The van der Waals surface area contributed by atoms with Gasteiger partial charge in [0.1, 0.15) is 64.5 Å². The molecule has 2 heterocycles. The topological polar surface area (TPSA) is 181 Å². The summed E-state index contributed by atoms with van der Waals surface area (Å²) >= 11 is 0. The Labute approximate surface area is 174 Å². The lowest BCUT2D eigenvalue weighted by Crippen LogP contribution is -2.55. The van der Waals surface area contributed by atoms with Crippen molar-refractivity contribution in [3.05, 3.63) is 52.2 Å². The third-order valence-corrected chi connectivity index (χ3v) is 5.34. The first kappa shape index (κ1) is 21.1. The molecule has 1 aliphatic heterocycles. The molecule has 7 N–H and O–H groups in total. The molecule has 0 spiro atoms. The van der Waals surface area contributed by atoms with Crippen LogP contribution in [-0.4, -0.2) is 66.8 Å². The van der Waals surface area contributed by atoms with E-state index in [-0.39, 0.29) is 22.5 Å². The minimum absolute atomic E-state index is 0.0198. The van der Waals surface area contributed by atoms with Crippen LogP contribution < -0.4 is 5.43 Å². The van der Waals surface area contributed by atoms with Crippen molar-refractivity contribution >= 4 is 11.0 Å². The molecule has 5 atom stereocenters. The normalized spacial score (nSPS) is 26.3. The van der Waals surface area contributed by atoms with Crippen molar-refractivity contribution in [2.75, 3.05) is 6.61 Å². The van der Waals surface area contributed by atoms with Gasteiger partial charge in [0.2, 0.25) is 0 Å². The molecule has 1 saturated heterocycles. The lowest BCUT2D eigenvalue weighted by Gasteiger charge is -2.40. The standard InChI is InChI=1S/C21H20O10/c22-7-14-17(26)19(28)20(29)21(31-14)16-11(25)6-13-15(18(16)27)10(24)5-12(30-13)8-1-3-9(23)4-2-8/h1-6,14,17,19-23,25-29H,7H2/t14-,17+,19+,20+,21+/m1/s1. The SMILES string of the molecule is O=c1cc(-c2ccc(O)cc2)oc2cc(O)c([C@@H]3O[C@H](CO)[C@H](O)[C@H](O)[C@@H]3O)c(O)c12. The van der Waals surface area contributed by atoms with E-state index in [0.29, 0.717) is 5.56 Å². The van der Waals surface area contributed by atoms with Crippen LogP contribution in [0.3, 0.4) is 0 Å². The summed E-state index contributed by atoms with van der Waals surface area (Å²) in [5, 5.41) is 70.0. The molecule has 1 aromatic heterocycles. The second-order valence-corrected chi connectivity index (χ2v) is 7.30. The Morgan fingerprint density at radius 2 is 1.58 bits per heavy atom. The first-order valence-electron chi connectivity index (χ1n) is 9.35. The zero-order valence-corrected chi connectivity index (χ0v) is 15.9. The van der Waals surface area contributed by atoms with Crippen molar-refractivity contribution in [2.24, 2.45) is 0 Å². The smallest absolute Gasteiger partial charge is 0.197 e. The molecule has 2 aromatic carbocycles. The molecule has 1 aliphatic rings. The van der Waals surface area contributed by atoms with Gasteiger partial charge in [-0.1, -0.05) is 0 Å². The van der Waals surface area contributed by atoms with Crippen molar-refractivity contribution < 1.29 is 44.9 Å². The molecule has 10 heteroatoms. The van der Waals surface area contributed by atoms with E-state index in [2.05, 4.69) is 0 Å². The Kier molecular flexibility index (Phi) is 5.33. The van der Waals surface area contributed by atoms with E-state index in [9.17, 15) is 40.5 Å². The molecular formula is C21H20O10. The molecule has 0 amide bonds. The fourth-order valence-corrected chi connectivity index (χ4v) is 3.69. The van der Waals surface area contributed by atoms with E-state index in [0.717, 1.165) is 12.1 Å². The molecule has 0 saturated carbocycles. The molecule has 3 aromatic rings. The number of hydrogen-bond donors (Lipinski definition) is 7. The molecule has 164 valence electrons. The van der Waals surface area contributed by atoms with Crippen molar-refractivity contribution in [2.45, 2.75) is 30.5 Å². The van der Waals surface area contributed by atoms with Crippen molar-refractivity contribution in [1.29, 1.82) is 0 Å². The predicted octanol–water partition coefficient (Wildman–Crippen LogP) is 0.0917. The van der Waals surface area contributed by atoms with E-state index >= 15 is 0 Å². The third-order valence-electron chi connectivity index (χ3n) is 5.34. The Balaban J connectivity index is 1.85. The van der Waals surface area contributed by atoms with E-state index in [4.69, 9.17) is 9.15 Å². The van der Waals surface area contributed by atoms with Gasteiger partial charge < -0.3 is 44.9 Å². The summed E-state index contributed by atoms with van der Waals surface area (Å²) in [4.78, 5) is 12.7. The lowest BCUT2D eigenvalue weighted by molar-refractivity contribution is -0.232. The number of ether oxygens (including phenoxy) is 1. The summed E-state index contributed by atoms with van der Waals surface area (Å²) in [5.41, 5.74) is -0.741. The lowest BCUT2D eigenvalue weighted by atomic mass is 9.89. The first-order valence-corrected chi connectivity index (χ1v) is 9.35. The number of phenolic OH excluding ortho intramolecular Hbond substituents is 3. The highest BCUT2D eigenvalue weighted by Crippen LogP contribution is 2.44. The minimum atomic E-state index is -1.77. The second kappa shape index (κ2) is 7.84. The maximum atomic E-state index is 12.7. The molecule has 0 aliphatic carbocycles. The zero-order valence-electron chi connectivity index (χ0n) is 15.9. The summed E-state index contributed by atoms with van der Waals surface area (Å²) in [6.45, 7) is -0.700. The van der Waals surface area contributed by atoms with Gasteiger partial charge in [-0.2, -0.15) is 0 Å². The quantitative estimate of drug-likeness (QED) is 0.300. The Morgan fingerprint density at radius 1 is 0.903 bits per heavy atom. The van der Waals surface area contributed by atoms with Crippen molar-refractivity contribution in [3.8, 4) is 28.6 Å². The number of phenols is 3. The highest BCUT2D eigenvalue weighted by atomic mass is 16.5. The fraction of sp³-hybridized carbons (Fsp3) is 0.286. The third kappa shape index (κ3) is 3.50. The van der Waals surface area contributed by atoms with Crippen LogP contribution in [0.25, 0.3) is 22.3 Å². The summed E-state index contributed by atoms with van der Waals surface area (Å²) < 4.78 is 11.0. The summed E-state index contributed by atoms with van der Waals surface area (Å²) in [5.74, 6) is -1.19. The maximum absolute atomic E-state index is 12.7. The first-order chi connectivity index (χ1) is 14.7. The van der Waals surface area contributed by atoms with Crippen LogP contribution in [0, 0.1) is 0 Å². The van der Waals surface area contributed by atoms with Crippen molar-refractivity contribution in [3.63, 3.8) is 0 Å². The van der Waals surface area contributed by atoms with Gasteiger partial charge >= 0.3 is 0 Å². The van der Waals surface area contributed by atoms with E-state index < -0.39 is 59.6 Å². The van der Waals surface area contributed by atoms with Gasteiger partial charge in [0.15, 0.2) is 5.43 Å². The number of fused-ring (bicyclic) bond motifs is 1. The largest absolute Gasteiger partial charge is 0.508 e. The van der Waals surface area contributed by atoms with Crippen LogP contribution in [0.4, 0.5) is 0 Å². The number of aromatic hydroxyl groups is 3. The van der Waals surface area contributed by atoms with Gasteiger partial charge in [-0.15, -0.1) is 0 Å². The number of aliphatic hydroxyl groups is 4. The van der Waals surface area contributed by atoms with Crippen LogP contribution in [0.5, 0.6) is 17.2 Å². The summed E-state index contributed by atoms with van der Waals surface area (Å²) in [6, 6.07) is 8.00. The van der Waals surface area contributed by atoms with Gasteiger partial charge in [0, 0.05) is 17.7 Å². The average molecular weight is 432 g/mol. The maximum Gasteiger partial charge on any atom is 0.197 e. The van der Waals surface area contributed by atoms with Gasteiger partial charge in [0.25, 0.3) is 0 Å². The molecule has 4 rings (SSSR count). The number of benzene rings is 2. The Morgan fingerprint density at radius 3 is 2.23 bits per heavy atom. The number of rotatable bonds is 3. The van der Waals surface area contributed by atoms with Crippen LogP contribution in [0.15, 0.2) is 45.6 Å². The van der Waals surface area contributed by atoms with Crippen molar-refractivity contribution in [1.82, 2.24) is 0 Å². The molecular weight excluding hydrogens is 412 g/mol. The molecule has 10 nitrogen and oxygen atoms in total. The van der Waals surface area contributed by atoms with Gasteiger partial charge in [-0.25, -0.2) is 0 Å². The van der Waals surface area contributed by atoms with E-state index in [1.54, 1.807) is 0 Å². The second-order valence-electron chi connectivity index (χ2n) is 7.30. The van der Waals surface area contributed by atoms with Crippen LogP contribution in [0.1, 0.15) is 11.7 Å². The Bertz CT molecular complexity index is 1170. The van der Waals surface area contributed by atoms with E-state index in [1.165, 1.54) is 24.3 Å². The van der Waals surface area contributed by atoms with Gasteiger partial charge in [-0.3, -0.25) is 4.79 Å². The van der Waals surface area contributed by atoms with Gasteiger partial charge in [0.05, 0.1) is 12.2 Å². The Hall–Kier alpha value is -3.15. The number of hydrogen-bond acceptors (Lipinski definition) is 10. The highest BCUT2D eigenvalue weighted by Gasteiger charge is 2.46. The molecule has 1 fully saturated rings. The minimum Gasteiger partial charge on any atom is -0.508 e. The fourth-order valence-electron chi connectivity index (χ4n) is 3.69. The monoisotopic (exact) mass is 432 g/mol. The van der Waals surface area contributed by atoms with Crippen LogP contribution in [0.2, 0.25) is 0 Å². The summed E-state index contributed by atoms with van der Waals surface area (Å²) in [6.07, 6.45) is -7.95. The molecule has 0 radical (unpaired) electrons. The zero-order chi connectivity index (χ0) is 22.4. The molecule has 0 unspecified atom stereocenters. The van der Waals surface area contributed by atoms with Crippen LogP contribution >= 0.6 is 0 Å². The average Bonchev–Trinajstić information content (AvgIpc) is 2.73. The molecule has 0 bridgehead atoms. The summed E-state index contributed by atoms with van der Waals surface area (Å²) in [7, 11) is 0. The van der Waals surface area contributed by atoms with E-state index in [1.807, 2.05) is 0 Å². The van der Waals surface area contributed by atoms with Gasteiger partial charge in [-0.05, 0) is 24.3 Å². The highest BCUT2D eigenvalue weighted by molar-refractivity contribution is 5.88. The molecule has 31 heavy (non-hydrogen) atoms. The number of aliphatic hydroxyl groups excluding tert-OH is 4. The predicted molar refractivity (Wildman–Crippen MR) is 106 cm³/mol. The van der Waals surface area contributed by atoms with Crippen LogP contribution in [-0.2, 0) is 4.74 Å².